The number of hydrogen-bond donors (Lipinski definition) is 1. The van der Waals surface area contributed by atoms with E-state index in [1.165, 1.54) is 4.31 Å². The Kier molecular flexibility index (Phi) is 4.56. The van der Waals surface area contributed by atoms with Gasteiger partial charge in [-0.1, -0.05) is 18.2 Å². The minimum absolute atomic E-state index is 0.0249. The maximum absolute atomic E-state index is 13.0. The van der Waals surface area contributed by atoms with Crippen molar-refractivity contribution in [3.05, 3.63) is 59.2 Å². The Morgan fingerprint density at radius 1 is 1.16 bits per heavy atom. The van der Waals surface area contributed by atoms with Gasteiger partial charge in [0.2, 0.25) is 0 Å². The Labute approximate surface area is 148 Å². The summed E-state index contributed by atoms with van der Waals surface area (Å²) in [6, 6.07) is 12.2. The Hall–Kier alpha value is -2.34. The maximum atomic E-state index is 13.0. The Morgan fingerprint density at radius 2 is 1.88 bits per heavy atom. The van der Waals surface area contributed by atoms with Gasteiger partial charge in [0.05, 0.1) is 10.6 Å². The number of fused-ring (bicyclic) bond motifs is 1. The molecule has 0 aromatic heterocycles. The maximum Gasteiger partial charge on any atom is 0.264 e. The van der Waals surface area contributed by atoms with Gasteiger partial charge >= 0.3 is 0 Å². The smallest absolute Gasteiger partial charge is 0.264 e. The fourth-order valence-corrected chi connectivity index (χ4v) is 4.71. The summed E-state index contributed by atoms with van der Waals surface area (Å²) < 4.78 is 27.5. The van der Waals surface area contributed by atoms with E-state index in [2.05, 4.69) is 5.32 Å². The van der Waals surface area contributed by atoms with Crippen LogP contribution in [0.1, 0.15) is 35.3 Å². The number of sulfonamides is 1. The van der Waals surface area contributed by atoms with E-state index in [4.69, 9.17) is 0 Å². The van der Waals surface area contributed by atoms with E-state index >= 15 is 0 Å². The number of amides is 1. The molecule has 2 aromatic carbocycles. The SMILES string of the molecule is Cc1cccc(S(=O)(=O)N2CCc3c(C(=O)NC(C)C)cccc32)c1. The molecule has 1 N–H and O–H groups in total. The van der Waals surface area contributed by atoms with E-state index < -0.39 is 10.0 Å². The quantitative estimate of drug-likeness (QED) is 0.914. The van der Waals surface area contributed by atoms with Gasteiger partial charge in [-0.05, 0) is 62.6 Å². The van der Waals surface area contributed by atoms with Crippen molar-refractivity contribution in [1.29, 1.82) is 0 Å². The van der Waals surface area contributed by atoms with E-state index in [-0.39, 0.29) is 16.8 Å². The molecule has 0 fully saturated rings. The highest BCUT2D eigenvalue weighted by Gasteiger charge is 2.33. The fourth-order valence-electron chi connectivity index (χ4n) is 3.11. The van der Waals surface area contributed by atoms with Gasteiger partial charge in [0.1, 0.15) is 0 Å². The third kappa shape index (κ3) is 3.26. The predicted octanol–water partition coefficient (Wildman–Crippen LogP) is 2.88. The van der Waals surface area contributed by atoms with Gasteiger partial charge in [-0.3, -0.25) is 9.10 Å². The first-order valence-electron chi connectivity index (χ1n) is 8.33. The molecule has 6 heteroatoms. The molecule has 0 saturated heterocycles. The number of carbonyl (C=O) groups is 1. The second-order valence-electron chi connectivity index (χ2n) is 6.58. The van der Waals surface area contributed by atoms with Gasteiger partial charge in [0.15, 0.2) is 0 Å². The molecular formula is C19H22N2O3S. The summed E-state index contributed by atoms with van der Waals surface area (Å²) in [5.74, 6) is -0.165. The van der Waals surface area contributed by atoms with Crippen molar-refractivity contribution >= 4 is 21.6 Å². The topological polar surface area (TPSA) is 66.5 Å². The van der Waals surface area contributed by atoms with E-state index in [0.717, 1.165) is 11.1 Å². The van der Waals surface area contributed by atoms with E-state index in [1.807, 2.05) is 26.8 Å². The summed E-state index contributed by atoms with van der Waals surface area (Å²) in [7, 11) is -3.64. The summed E-state index contributed by atoms with van der Waals surface area (Å²) in [5.41, 5.74) is 2.83. The number of aryl methyl sites for hydroxylation is 1. The van der Waals surface area contributed by atoms with Crippen molar-refractivity contribution in [2.45, 2.75) is 38.1 Å². The van der Waals surface area contributed by atoms with E-state index in [9.17, 15) is 13.2 Å². The highest BCUT2D eigenvalue weighted by molar-refractivity contribution is 7.92. The first kappa shape index (κ1) is 17.5. The fraction of sp³-hybridized carbons (Fsp3) is 0.316. The predicted molar refractivity (Wildman–Crippen MR) is 98.5 cm³/mol. The van der Waals surface area contributed by atoms with Crippen molar-refractivity contribution in [2.24, 2.45) is 0 Å². The third-order valence-corrected chi connectivity index (χ3v) is 6.04. The molecule has 5 nitrogen and oxygen atoms in total. The van der Waals surface area contributed by atoms with Crippen LogP contribution < -0.4 is 9.62 Å². The second kappa shape index (κ2) is 6.52. The average Bonchev–Trinajstić information content (AvgIpc) is 2.98. The summed E-state index contributed by atoms with van der Waals surface area (Å²) >= 11 is 0. The Bertz CT molecular complexity index is 920. The van der Waals surface area contributed by atoms with Crippen LogP contribution in [0, 0.1) is 6.92 Å². The molecule has 0 atom stereocenters. The first-order chi connectivity index (χ1) is 11.8. The number of benzene rings is 2. The summed E-state index contributed by atoms with van der Waals surface area (Å²) in [6.45, 7) is 6.01. The van der Waals surface area contributed by atoms with Crippen molar-refractivity contribution < 1.29 is 13.2 Å². The molecule has 0 aliphatic carbocycles. The van der Waals surface area contributed by atoms with Crippen LogP contribution in [-0.2, 0) is 16.4 Å². The monoisotopic (exact) mass is 358 g/mol. The first-order valence-corrected chi connectivity index (χ1v) is 9.77. The standard InChI is InChI=1S/C19H22N2O3S/c1-13(2)20-19(22)17-8-5-9-18-16(17)10-11-21(18)25(23,24)15-7-4-6-14(3)12-15/h4-9,12-13H,10-11H2,1-3H3,(H,20,22). The molecule has 0 bridgehead atoms. The van der Waals surface area contributed by atoms with Crippen LogP contribution in [0.3, 0.4) is 0 Å². The molecule has 1 aliphatic rings. The minimum Gasteiger partial charge on any atom is -0.350 e. The lowest BCUT2D eigenvalue weighted by Crippen LogP contribution is -2.31. The molecule has 0 unspecified atom stereocenters. The Morgan fingerprint density at radius 3 is 2.56 bits per heavy atom. The highest BCUT2D eigenvalue weighted by atomic mass is 32.2. The van der Waals surface area contributed by atoms with Gasteiger partial charge in [-0.2, -0.15) is 0 Å². The third-order valence-electron chi connectivity index (χ3n) is 4.23. The molecule has 1 aliphatic heterocycles. The number of nitrogens with one attached hydrogen (secondary N) is 1. The Balaban J connectivity index is 2.01. The molecule has 25 heavy (non-hydrogen) atoms. The zero-order valence-corrected chi connectivity index (χ0v) is 15.4. The van der Waals surface area contributed by atoms with Crippen LogP contribution >= 0.6 is 0 Å². The lowest BCUT2D eigenvalue weighted by molar-refractivity contribution is 0.0942. The van der Waals surface area contributed by atoms with Crippen LogP contribution in [-0.4, -0.2) is 26.9 Å². The van der Waals surface area contributed by atoms with Gasteiger partial charge in [0.25, 0.3) is 15.9 Å². The molecule has 1 heterocycles. The summed E-state index contributed by atoms with van der Waals surface area (Å²) in [4.78, 5) is 12.7. The zero-order chi connectivity index (χ0) is 18.2. The molecule has 132 valence electrons. The molecule has 0 saturated carbocycles. The molecule has 0 radical (unpaired) electrons. The molecule has 3 rings (SSSR count). The number of anilines is 1. The van der Waals surface area contributed by atoms with E-state index in [0.29, 0.717) is 24.2 Å². The van der Waals surface area contributed by atoms with E-state index in [1.54, 1.807) is 36.4 Å². The van der Waals surface area contributed by atoms with Crippen LogP contribution in [0.4, 0.5) is 5.69 Å². The summed E-state index contributed by atoms with van der Waals surface area (Å²) in [5, 5.41) is 2.87. The van der Waals surface area contributed by atoms with Crippen molar-refractivity contribution in [3.8, 4) is 0 Å². The number of rotatable bonds is 4. The number of nitrogens with zero attached hydrogens (tertiary/aromatic N) is 1. The van der Waals surface area contributed by atoms with Crippen molar-refractivity contribution in [1.82, 2.24) is 5.32 Å². The van der Waals surface area contributed by atoms with Crippen LogP contribution in [0.25, 0.3) is 0 Å². The lowest BCUT2D eigenvalue weighted by atomic mass is 10.0. The minimum atomic E-state index is -3.64. The van der Waals surface area contributed by atoms with Gasteiger partial charge in [-0.15, -0.1) is 0 Å². The van der Waals surface area contributed by atoms with Crippen LogP contribution in [0.2, 0.25) is 0 Å². The van der Waals surface area contributed by atoms with Crippen LogP contribution in [0.5, 0.6) is 0 Å². The lowest BCUT2D eigenvalue weighted by Gasteiger charge is -2.20. The number of carbonyl (C=O) groups excluding carboxylic acids is 1. The van der Waals surface area contributed by atoms with Crippen LogP contribution in [0.15, 0.2) is 47.4 Å². The molecular weight excluding hydrogens is 336 g/mol. The summed E-state index contributed by atoms with van der Waals surface area (Å²) in [6.07, 6.45) is 0.530. The molecule has 0 spiro atoms. The van der Waals surface area contributed by atoms with Gasteiger partial charge in [0, 0.05) is 18.2 Å². The van der Waals surface area contributed by atoms with Gasteiger partial charge < -0.3 is 5.32 Å². The normalized spacial score (nSPS) is 13.8. The van der Waals surface area contributed by atoms with Crippen molar-refractivity contribution in [3.63, 3.8) is 0 Å². The molecule has 1 amide bonds. The average molecular weight is 358 g/mol. The zero-order valence-electron chi connectivity index (χ0n) is 14.6. The van der Waals surface area contributed by atoms with Crippen molar-refractivity contribution in [2.75, 3.05) is 10.8 Å². The number of hydrogen-bond acceptors (Lipinski definition) is 3. The second-order valence-corrected chi connectivity index (χ2v) is 8.44. The largest absolute Gasteiger partial charge is 0.350 e. The highest BCUT2D eigenvalue weighted by Crippen LogP contribution is 2.35. The molecule has 2 aromatic rings. The van der Waals surface area contributed by atoms with Gasteiger partial charge in [-0.25, -0.2) is 8.42 Å².